The number of hydrogen-bond acceptors (Lipinski definition) is 6. The van der Waals surface area contributed by atoms with E-state index in [1.165, 1.54) is 12.1 Å². The minimum atomic E-state index is -0.525. The predicted molar refractivity (Wildman–Crippen MR) is 78.0 cm³/mol. The summed E-state index contributed by atoms with van der Waals surface area (Å²) in [5, 5.41) is 14.7. The standard InChI is InChI=1S/C13H14N4O3.ClH/c14-13(6-1-2-7-13)12-15-11(20-16-12)9-4-3-5-10(8-9)17(18)19;/h3-5,8H,1-2,6-7,14H2;1H. The molecule has 1 heterocycles. The molecule has 0 atom stereocenters. The summed E-state index contributed by atoms with van der Waals surface area (Å²) in [6.45, 7) is 0. The largest absolute Gasteiger partial charge is 0.334 e. The fourth-order valence-corrected chi connectivity index (χ4v) is 2.52. The van der Waals surface area contributed by atoms with Crippen LogP contribution in [0.25, 0.3) is 11.5 Å². The molecule has 0 unspecified atom stereocenters. The van der Waals surface area contributed by atoms with Crippen molar-refractivity contribution in [3.8, 4) is 11.5 Å². The van der Waals surface area contributed by atoms with Gasteiger partial charge < -0.3 is 10.3 Å². The van der Waals surface area contributed by atoms with Crippen LogP contribution in [0.4, 0.5) is 5.69 Å². The molecular weight excluding hydrogens is 296 g/mol. The van der Waals surface area contributed by atoms with E-state index in [9.17, 15) is 10.1 Å². The Labute approximate surface area is 127 Å². The van der Waals surface area contributed by atoms with Crippen LogP contribution < -0.4 is 5.73 Å². The van der Waals surface area contributed by atoms with Crippen LogP contribution in [0.5, 0.6) is 0 Å². The topological polar surface area (TPSA) is 108 Å². The highest BCUT2D eigenvalue weighted by Crippen LogP contribution is 2.35. The summed E-state index contributed by atoms with van der Waals surface area (Å²) in [5.41, 5.74) is 6.25. The Bertz CT molecular complexity index is 652. The Kier molecular flexibility index (Phi) is 4.24. The van der Waals surface area contributed by atoms with Gasteiger partial charge in [0.25, 0.3) is 11.6 Å². The smallest absolute Gasteiger partial charge is 0.270 e. The summed E-state index contributed by atoms with van der Waals surface area (Å²) in [7, 11) is 0. The molecule has 1 saturated carbocycles. The van der Waals surface area contributed by atoms with Crippen molar-refractivity contribution in [2.24, 2.45) is 5.73 Å². The second kappa shape index (κ2) is 5.79. The molecule has 0 bridgehead atoms. The Morgan fingerprint density at radius 2 is 2.05 bits per heavy atom. The van der Waals surface area contributed by atoms with Crippen LogP contribution in [0.1, 0.15) is 31.5 Å². The highest BCUT2D eigenvalue weighted by molar-refractivity contribution is 5.85. The van der Waals surface area contributed by atoms with E-state index in [-0.39, 0.29) is 24.0 Å². The molecule has 0 radical (unpaired) electrons. The molecule has 8 heteroatoms. The number of hydrogen-bond donors (Lipinski definition) is 1. The molecule has 1 aliphatic rings. The Morgan fingerprint density at radius 3 is 2.71 bits per heavy atom. The number of halogens is 1. The molecule has 1 aromatic carbocycles. The Morgan fingerprint density at radius 1 is 1.33 bits per heavy atom. The SMILES string of the molecule is Cl.NC1(c2noc(-c3cccc([N+](=O)[O-])c3)n2)CCCC1. The van der Waals surface area contributed by atoms with Gasteiger partial charge in [-0.15, -0.1) is 12.4 Å². The number of benzene rings is 1. The summed E-state index contributed by atoms with van der Waals surface area (Å²) in [6.07, 6.45) is 3.77. The van der Waals surface area contributed by atoms with Crippen molar-refractivity contribution in [3.05, 3.63) is 40.2 Å². The van der Waals surface area contributed by atoms with Gasteiger partial charge in [0.05, 0.1) is 10.5 Å². The van der Waals surface area contributed by atoms with Gasteiger partial charge in [0.15, 0.2) is 5.82 Å². The molecule has 0 amide bonds. The van der Waals surface area contributed by atoms with Crippen molar-refractivity contribution in [1.82, 2.24) is 10.1 Å². The molecule has 2 aromatic rings. The predicted octanol–water partition coefficient (Wildman–Crippen LogP) is 2.79. The van der Waals surface area contributed by atoms with Gasteiger partial charge in [-0.05, 0) is 18.9 Å². The molecule has 112 valence electrons. The van der Waals surface area contributed by atoms with Gasteiger partial charge in [0, 0.05) is 17.7 Å². The van der Waals surface area contributed by atoms with Gasteiger partial charge >= 0.3 is 0 Å². The molecule has 21 heavy (non-hydrogen) atoms. The highest BCUT2D eigenvalue weighted by Gasteiger charge is 2.36. The lowest BCUT2D eigenvalue weighted by atomic mass is 9.99. The van der Waals surface area contributed by atoms with Crippen molar-refractivity contribution in [1.29, 1.82) is 0 Å². The minimum Gasteiger partial charge on any atom is -0.334 e. The zero-order chi connectivity index (χ0) is 14.2. The molecule has 3 rings (SSSR count). The lowest BCUT2D eigenvalue weighted by Gasteiger charge is -2.17. The first-order valence-corrected chi connectivity index (χ1v) is 6.46. The maximum atomic E-state index is 10.8. The van der Waals surface area contributed by atoms with Gasteiger partial charge in [-0.3, -0.25) is 10.1 Å². The van der Waals surface area contributed by atoms with Gasteiger partial charge in [-0.1, -0.05) is 24.1 Å². The molecule has 1 fully saturated rings. The van der Waals surface area contributed by atoms with Gasteiger partial charge in [0.1, 0.15) is 0 Å². The average molecular weight is 311 g/mol. The van der Waals surface area contributed by atoms with E-state index in [1.54, 1.807) is 12.1 Å². The first-order valence-electron chi connectivity index (χ1n) is 6.46. The van der Waals surface area contributed by atoms with E-state index >= 15 is 0 Å². The lowest BCUT2D eigenvalue weighted by Crippen LogP contribution is -2.34. The minimum absolute atomic E-state index is 0. The van der Waals surface area contributed by atoms with Crippen LogP contribution >= 0.6 is 12.4 Å². The van der Waals surface area contributed by atoms with Crippen molar-refractivity contribution in [2.75, 3.05) is 0 Å². The van der Waals surface area contributed by atoms with Crippen LogP contribution in [0.15, 0.2) is 28.8 Å². The maximum Gasteiger partial charge on any atom is 0.270 e. The average Bonchev–Trinajstić information content (AvgIpc) is 3.08. The highest BCUT2D eigenvalue weighted by atomic mass is 35.5. The van der Waals surface area contributed by atoms with Gasteiger partial charge in [-0.25, -0.2) is 0 Å². The van der Waals surface area contributed by atoms with E-state index in [2.05, 4.69) is 10.1 Å². The number of nitrogens with zero attached hydrogens (tertiary/aromatic N) is 3. The second-order valence-electron chi connectivity index (χ2n) is 5.09. The van der Waals surface area contributed by atoms with Gasteiger partial charge in [-0.2, -0.15) is 4.98 Å². The summed E-state index contributed by atoms with van der Waals surface area (Å²) >= 11 is 0. The summed E-state index contributed by atoms with van der Waals surface area (Å²) in [5.74, 6) is 0.747. The van der Waals surface area contributed by atoms with Crippen molar-refractivity contribution < 1.29 is 9.45 Å². The van der Waals surface area contributed by atoms with E-state index in [4.69, 9.17) is 10.3 Å². The van der Waals surface area contributed by atoms with Crippen LogP contribution in [-0.4, -0.2) is 15.1 Å². The third-order valence-electron chi connectivity index (χ3n) is 3.67. The van der Waals surface area contributed by atoms with Crippen LogP contribution in [0, 0.1) is 10.1 Å². The van der Waals surface area contributed by atoms with E-state index < -0.39 is 10.5 Å². The first-order chi connectivity index (χ1) is 9.58. The summed E-state index contributed by atoms with van der Waals surface area (Å²) < 4.78 is 5.20. The summed E-state index contributed by atoms with van der Waals surface area (Å²) in [6, 6.07) is 6.12. The van der Waals surface area contributed by atoms with E-state index in [1.807, 2.05) is 0 Å². The number of non-ortho nitro benzene ring substituents is 1. The van der Waals surface area contributed by atoms with Crippen LogP contribution in [0.2, 0.25) is 0 Å². The molecule has 0 spiro atoms. The molecule has 1 aliphatic carbocycles. The number of nitro benzene ring substituents is 1. The van der Waals surface area contributed by atoms with E-state index in [0.717, 1.165) is 25.7 Å². The maximum absolute atomic E-state index is 10.8. The van der Waals surface area contributed by atoms with E-state index in [0.29, 0.717) is 11.4 Å². The van der Waals surface area contributed by atoms with Gasteiger partial charge in [0.2, 0.25) is 0 Å². The molecule has 0 aliphatic heterocycles. The Hall–Kier alpha value is -1.99. The van der Waals surface area contributed by atoms with Crippen molar-refractivity contribution in [3.63, 3.8) is 0 Å². The van der Waals surface area contributed by atoms with Crippen LogP contribution in [0.3, 0.4) is 0 Å². The molecule has 1 aromatic heterocycles. The molecule has 7 nitrogen and oxygen atoms in total. The zero-order valence-electron chi connectivity index (χ0n) is 11.2. The number of nitrogens with two attached hydrogens (primary N) is 1. The van der Waals surface area contributed by atoms with Crippen LogP contribution in [-0.2, 0) is 5.54 Å². The third-order valence-corrected chi connectivity index (χ3v) is 3.67. The van der Waals surface area contributed by atoms with Crippen molar-refractivity contribution >= 4 is 18.1 Å². The number of nitro groups is 1. The summed E-state index contributed by atoms with van der Waals surface area (Å²) in [4.78, 5) is 14.6. The third kappa shape index (κ3) is 2.88. The Balaban J connectivity index is 0.00000161. The molecule has 2 N–H and O–H groups in total. The second-order valence-corrected chi connectivity index (χ2v) is 5.09. The van der Waals surface area contributed by atoms with Crippen molar-refractivity contribution in [2.45, 2.75) is 31.2 Å². The monoisotopic (exact) mass is 310 g/mol. The molecular formula is C13H15ClN4O3. The normalized spacial score (nSPS) is 16.4. The number of rotatable bonds is 3. The quantitative estimate of drug-likeness (QED) is 0.689. The fourth-order valence-electron chi connectivity index (χ4n) is 2.52. The zero-order valence-corrected chi connectivity index (χ0v) is 12.0. The number of aromatic nitrogens is 2. The molecule has 0 saturated heterocycles. The lowest BCUT2D eigenvalue weighted by molar-refractivity contribution is -0.384. The first kappa shape index (κ1) is 15.4. The fraction of sp³-hybridized carbons (Fsp3) is 0.385.